The predicted octanol–water partition coefficient (Wildman–Crippen LogP) is 6.84. The van der Waals surface area contributed by atoms with Crippen molar-refractivity contribution in [1.29, 1.82) is 0 Å². The molecule has 0 atom stereocenters. The molecule has 0 heterocycles. The Morgan fingerprint density at radius 3 is 2.65 bits per heavy atom. The van der Waals surface area contributed by atoms with Crippen molar-refractivity contribution >= 4 is 57.1 Å². The van der Waals surface area contributed by atoms with Gasteiger partial charge in [-0.05, 0) is 81.7 Å². The van der Waals surface area contributed by atoms with Crippen LogP contribution >= 0.6 is 34.2 Å². The standard InChI is InChI=1S/C27H22ClIN2O3/c1-2-33-25-14-18(16-30-31-27(32)20-9-6-11-22(29)15-20)13-24(28)26(25)34-17-21-10-5-8-19-7-3-4-12-23(19)21/h3-16H,2,17H2,1H3,(H,31,32)/b30-16-. The van der Waals surface area contributed by atoms with E-state index in [2.05, 4.69) is 51.3 Å². The summed E-state index contributed by atoms with van der Waals surface area (Å²) in [6.45, 7) is 2.69. The third-order valence-corrected chi connectivity index (χ3v) is 6.00. The van der Waals surface area contributed by atoms with Gasteiger partial charge in [-0.25, -0.2) is 5.43 Å². The summed E-state index contributed by atoms with van der Waals surface area (Å²) in [5.74, 6) is 0.693. The van der Waals surface area contributed by atoms with Crippen molar-refractivity contribution in [1.82, 2.24) is 5.43 Å². The van der Waals surface area contributed by atoms with Crippen LogP contribution in [-0.4, -0.2) is 18.7 Å². The van der Waals surface area contributed by atoms with Gasteiger partial charge in [0.25, 0.3) is 5.91 Å². The molecular weight excluding hydrogens is 563 g/mol. The lowest BCUT2D eigenvalue weighted by Crippen LogP contribution is -2.17. The summed E-state index contributed by atoms with van der Waals surface area (Å²) in [5, 5.41) is 6.75. The molecule has 1 N–H and O–H groups in total. The first kappa shape index (κ1) is 24.0. The zero-order valence-corrected chi connectivity index (χ0v) is 21.3. The lowest BCUT2D eigenvalue weighted by Gasteiger charge is -2.15. The van der Waals surface area contributed by atoms with Crippen LogP contribution < -0.4 is 14.9 Å². The molecule has 0 spiro atoms. The second kappa shape index (κ2) is 11.4. The van der Waals surface area contributed by atoms with E-state index < -0.39 is 0 Å². The number of benzene rings is 4. The van der Waals surface area contributed by atoms with Crippen molar-refractivity contribution < 1.29 is 14.3 Å². The number of nitrogens with zero attached hydrogens (tertiary/aromatic N) is 1. The maximum atomic E-state index is 12.3. The summed E-state index contributed by atoms with van der Waals surface area (Å²) in [7, 11) is 0. The fourth-order valence-electron chi connectivity index (χ4n) is 3.49. The molecule has 0 radical (unpaired) electrons. The van der Waals surface area contributed by atoms with Gasteiger partial charge in [-0.2, -0.15) is 5.10 Å². The first-order valence-corrected chi connectivity index (χ1v) is 12.2. The van der Waals surface area contributed by atoms with Gasteiger partial charge >= 0.3 is 0 Å². The Morgan fingerprint density at radius 1 is 1.03 bits per heavy atom. The van der Waals surface area contributed by atoms with E-state index in [-0.39, 0.29) is 5.91 Å². The molecule has 1 amide bonds. The zero-order chi connectivity index (χ0) is 23.9. The Bertz CT molecular complexity index is 1350. The summed E-state index contributed by atoms with van der Waals surface area (Å²) in [4.78, 5) is 12.3. The largest absolute Gasteiger partial charge is 0.490 e. The topological polar surface area (TPSA) is 59.9 Å². The molecule has 172 valence electrons. The van der Waals surface area contributed by atoms with Gasteiger partial charge in [0.1, 0.15) is 6.61 Å². The number of fused-ring (bicyclic) bond motifs is 1. The summed E-state index contributed by atoms with van der Waals surface area (Å²) in [6.07, 6.45) is 1.52. The van der Waals surface area contributed by atoms with Crippen molar-refractivity contribution in [3.05, 3.63) is 104 Å². The average Bonchev–Trinajstić information content (AvgIpc) is 2.84. The fraction of sp³-hybridized carbons (Fsp3) is 0.111. The Morgan fingerprint density at radius 2 is 1.82 bits per heavy atom. The maximum absolute atomic E-state index is 12.3. The van der Waals surface area contributed by atoms with Crippen LogP contribution in [0.3, 0.4) is 0 Å². The molecule has 0 fully saturated rings. The number of hydrazone groups is 1. The van der Waals surface area contributed by atoms with Gasteiger partial charge in [0.2, 0.25) is 0 Å². The normalized spacial score (nSPS) is 11.0. The highest BCUT2D eigenvalue weighted by Gasteiger charge is 2.13. The lowest BCUT2D eigenvalue weighted by atomic mass is 10.1. The van der Waals surface area contributed by atoms with Crippen molar-refractivity contribution in [2.75, 3.05) is 6.61 Å². The molecule has 0 aliphatic heterocycles. The van der Waals surface area contributed by atoms with Crippen LogP contribution in [0.4, 0.5) is 0 Å². The summed E-state index contributed by atoms with van der Waals surface area (Å²) in [5.41, 5.74) is 4.80. The predicted molar refractivity (Wildman–Crippen MR) is 145 cm³/mol. The molecule has 0 bridgehead atoms. The molecule has 0 unspecified atom stereocenters. The zero-order valence-electron chi connectivity index (χ0n) is 18.4. The Labute approximate surface area is 216 Å². The number of ether oxygens (including phenoxy) is 2. The van der Waals surface area contributed by atoms with Crippen LogP contribution in [-0.2, 0) is 6.61 Å². The van der Waals surface area contributed by atoms with Crippen LogP contribution in [0, 0.1) is 3.57 Å². The summed E-state index contributed by atoms with van der Waals surface area (Å²) in [6, 6.07) is 25.1. The van der Waals surface area contributed by atoms with Gasteiger partial charge in [0.15, 0.2) is 11.5 Å². The number of carbonyl (C=O) groups is 1. The molecule has 0 saturated heterocycles. The Balaban J connectivity index is 1.51. The van der Waals surface area contributed by atoms with Crippen molar-refractivity contribution in [2.24, 2.45) is 5.10 Å². The van der Waals surface area contributed by atoms with Gasteiger partial charge < -0.3 is 9.47 Å². The Hall–Kier alpha value is -3.10. The molecule has 5 nitrogen and oxygen atoms in total. The van der Waals surface area contributed by atoms with E-state index in [0.717, 1.165) is 19.9 Å². The molecular formula is C27H22ClIN2O3. The van der Waals surface area contributed by atoms with Crippen LogP contribution in [0.1, 0.15) is 28.4 Å². The van der Waals surface area contributed by atoms with Gasteiger partial charge in [-0.3, -0.25) is 4.79 Å². The number of carbonyl (C=O) groups excluding carboxylic acids is 1. The number of amides is 1. The van der Waals surface area contributed by atoms with Crippen LogP contribution in [0.5, 0.6) is 11.5 Å². The van der Waals surface area contributed by atoms with Crippen molar-refractivity contribution in [3.63, 3.8) is 0 Å². The SMILES string of the molecule is CCOc1cc(/C=N\NC(=O)c2cccc(I)c2)cc(Cl)c1OCc1cccc2ccccc12. The molecule has 0 aliphatic carbocycles. The van der Waals surface area contributed by atoms with Gasteiger partial charge in [0.05, 0.1) is 17.8 Å². The van der Waals surface area contributed by atoms with E-state index in [1.807, 2.05) is 43.3 Å². The summed E-state index contributed by atoms with van der Waals surface area (Å²) < 4.78 is 12.9. The third-order valence-electron chi connectivity index (χ3n) is 5.05. The number of hydrogen-bond donors (Lipinski definition) is 1. The van der Waals surface area contributed by atoms with Crippen LogP contribution in [0.2, 0.25) is 5.02 Å². The van der Waals surface area contributed by atoms with Crippen molar-refractivity contribution in [3.8, 4) is 11.5 Å². The highest BCUT2D eigenvalue weighted by atomic mass is 127. The monoisotopic (exact) mass is 584 g/mol. The smallest absolute Gasteiger partial charge is 0.271 e. The number of rotatable bonds is 8. The van der Waals surface area contributed by atoms with Gasteiger partial charge in [0, 0.05) is 9.13 Å². The van der Waals surface area contributed by atoms with Gasteiger partial charge in [-0.15, -0.1) is 0 Å². The van der Waals surface area contributed by atoms with E-state index in [0.29, 0.717) is 40.9 Å². The minimum atomic E-state index is -0.291. The molecule has 0 aliphatic rings. The fourth-order valence-corrected chi connectivity index (χ4v) is 4.31. The lowest BCUT2D eigenvalue weighted by molar-refractivity contribution is 0.0955. The van der Waals surface area contributed by atoms with Gasteiger partial charge in [-0.1, -0.05) is 60.1 Å². The van der Waals surface area contributed by atoms with E-state index in [4.69, 9.17) is 21.1 Å². The first-order chi connectivity index (χ1) is 16.5. The molecule has 4 rings (SSSR count). The van der Waals surface area contributed by atoms with E-state index in [1.54, 1.807) is 24.3 Å². The van der Waals surface area contributed by atoms with Crippen LogP contribution in [0.15, 0.2) is 84.0 Å². The molecule has 0 aromatic heterocycles. The second-order valence-corrected chi connectivity index (χ2v) is 9.05. The molecule has 0 saturated carbocycles. The third kappa shape index (κ3) is 5.87. The van der Waals surface area contributed by atoms with E-state index >= 15 is 0 Å². The van der Waals surface area contributed by atoms with E-state index in [1.165, 1.54) is 6.21 Å². The number of nitrogens with one attached hydrogen (secondary N) is 1. The molecule has 4 aromatic carbocycles. The molecule has 34 heavy (non-hydrogen) atoms. The highest BCUT2D eigenvalue weighted by molar-refractivity contribution is 14.1. The number of halogens is 2. The Kier molecular flexibility index (Phi) is 8.03. The molecule has 4 aromatic rings. The summed E-state index contributed by atoms with van der Waals surface area (Å²) >= 11 is 8.71. The quantitative estimate of drug-likeness (QED) is 0.140. The second-order valence-electron chi connectivity index (χ2n) is 7.40. The highest BCUT2D eigenvalue weighted by Crippen LogP contribution is 2.37. The number of hydrogen-bond acceptors (Lipinski definition) is 4. The average molecular weight is 585 g/mol. The molecule has 7 heteroatoms. The van der Waals surface area contributed by atoms with Crippen molar-refractivity contribution in [2.45, 2.75) is 13.5 Å². The van der Waals surface area contributed by atoms with Crippen LogP contribution in [0.25, 0.3) is 10.8 Å². The van der Waals surface area contributed by atoms with E-state index in [9.17, 15) is 4.79 Å². The maximum Gasteiger partial charge on any atom is 0.271 e. The first-order valence-electron chi connectivity index (χ1n) is 10.7. The minimum Gasteiger partial charge on any atom is -0.490 e. The minimum absolute atomic E-state index is 0.291.